The number of hydrogen-bond donors (Lipinski definition) is 3. The highest BCUT2D eigenvalue weighted by molar-refractivity contribution is 6.02. The SMILES string of the molecule is COC(=O)[C@H](Cc1ccc(O)cc1)N=C(NC(=O)OC(C)(C)C)N(CCNC(C)=O)C(=O)OC(C)(C)C. The first kappa shape index (κ1) is 31.2. The molecule has 37 heavy (non-hydrogen) atoms. The van der Waals surface area contributed by atoms with Crippen molar-refractivity contribution in [2.45, 2.75) is 72.1 Å². The molecule has 0 heterocycles. The molecule has 12 nitrogen and oxygen atoms in total. The molecule has 0 saturated carbocycles. The lowest BCUT2D eigenvalue weighted by Gasteiger charge is -2.29. The van der Waals surface area contributed by atoms with Crippen LogP contribution in [0.25, 0.3) is 0 Å². The second-order valence-corrected chi connectivity index (χ2v) is 10.1. The summed E-state index contributed by atoms with van der Waals surface area (Å²) < 4.78 is 15.7. The number of nitrogens with one attached hydrogen (secondary N) is 2. The summed E-state index contributed by atoms with van der Waals surface area (Å²) in [7, 11) is 1.19. The Hall–Kier alpha value is -3.83. The first-order valence-corrected chi connectivity index (χ1v) is 11.7. The lowest BCUT2D eigenvalue weighted by molar-refractivity contribution is -0.142. The van der Waals surface area contributed by atoms with Crippen LogP contribution >= 0.6 is 0 Å². The average Bonchev–Trinajstić information content (AvgIpc) is 2.73. The van der Waals surface area contributed by atoms with Crippen LogP contribution in [-0.4, -0.2) is 77.5 Å². The van der Waals surface area contributed by atoms with Crippen LogP contribution in [0.5, 0.6) is 5.75 Å². The van der Waals surface area contributed by atoms with Gasteiger partial charge in [0.25, 0.3) is 0 Å². The lowest BCUT2D eigenvalue weighted by atomic mass is 10.1. The van der Waals surface area contributed by atoms with Crippen molar-refractivity contribution in [2.75, 3.05) is 20.2 Å². The topological polar surface area (TPSA) is 156 Å². The molecule has 0 aliphatic heterocycles. The van der Waals surface area contributed by atoms with Gasteiger partial charge in [-0.25, -0.2) is 24.3 Å². The van der Waals surface area contributed by atoms with Crippen LogP contribution in [-0.2, 0) is 30.2 Å². The molecule has 0 unspecified atom stereocenters. The van der Waals surface area contributed by atoms with Crippen LogP contribution in [0.15, 0.2) is 29.3 Å². The minimum Gasteiger partial charge on any atom is -0.508 e. The van der Waals surface area contributed by atoms with Crippen LogP contribution in [0.2, 0.25) is 0 Å². The van der Waals surface area contributed by atoms with Gasteiger partial charge < -0.3 is 24.6 Å². The van der Waals surface area contributed by atoms with Gasteiger partial charge in [0, 0.05) is 26.4 Å². The van der Waals surface area contributed by atoms with E-state index in [-0.39, 0.29) is 37.1 Å². The van der Waals surface area contributed by atoms with E-state index in [9.17, 15) is 24.3 Å². The number of nitrogens with zero attached hydrogens (tertiary/aromatic N) is 2. The minimum atomic E-state index is -1.19. The molecule has 0 saturated heterocycles. The third-order valence-corrected chi connectivity index (χ3v) is 4.31. The fourth-order valence-corrected chi connectivity index (χ4v) is 2.83. The number of carbonyl (C=O) groups excluding carboxylic acids is 4. The van der Waals surface area contributed by atoms with Gasteiger partial charge in [-0.3, -0.25) is 10.1 Å². The monoisotopic (exact) mass is 522 g/mol. The van der Waals surface area contributed by atoms with Crippen molar-refractivity contribution < 1.29 is 38.5 Å². The predicted molar refractivity (Wildman–Crippen MR) is 136 cm³/mol. The number of rotatable bonds is 7. The van der Waals surface area contributed by atoms with Gasteiger partial charge in [0.1, 0.15) is 17.0 Å². The molecule has 3 amide bonds. The molecule has 0 radical (unpaired) electrons. The second-order valence-electron chi connectivity index (χ2n) is 10.1. The van der Waals surface area contributed by atoms with Crippen LogP contribution < -0.4 is 10.6 Å². The molecule has 0 spiro atoms. The molecular weight excluding hydrogens is 484 g/mol. The summed E-state index contributed by atoms with van der Waals surface area (Å²) in [6.45, 7) is 11.2. The highest BCUT2D eigenvalue weighted by Crippen LogP contribution is 2.15. The Labute approximate surface area is 217 Å². The van der Waals surface area contributed by atoms with Crippen molar-refractivity contribution in [1.82, 2.24) is 15.5 Å². The molecule has 3 N–H and O–H groups in total. The van der Waals surface area contributed by atoms with E-state index in [4.69, 9.17) is 14.2 Å². The largest absolute Gasteiger partial charge is 0.508 e. The van der Waals surface area contributed by atoms with Crippen molar-refractivity contribution in [1.29, 1.82) is 0 Å². The number of ether oxygens (including phenoxy) is 3. The number of amides is 3. The predicted octanol–water partition coefficient (Wildman–Crippen LogP) is 2.73. The fourth-order valence-electron chi connectivity index (χ4n) is 2.83. The zero-order chi connectivity index (χ0) is 28.4. The fraction of sp³-hybridized carbons (Fsp3) is 0.560. The van der Waals surface area contributed by atoms with Crippen LogP contribution in [0.1, 0.15) is 54.0 Å². The van der Waals surface area contributed by atoms with E-state index in [1.807, 2.05) is 0 Å². The third-order valence-electron chi connectivity index (χ3n) is 4.31. The lowest BCUT2D eigenvalue weighted by Crippen LogP contribution is -2.52. The van der Waals surface area contributed by atoms with Gasteiger partial charge in [-0.1, -0.05) is 12.1 Å². The van der Waals surface area contributed by atoms with Crippen LogP contribution in [0.3, 0.4) is 0 Å². The highest BCUT2D eigenvalue weighted by atomic mass is 16.6. The Kier molecular flexibility index (Phi) is 11.4. The highest BCUT2D eigenvalue weighted by Gasteiger charge is 2.30. The van der Waals surface area contributed by atoms with Gasteiger partial charge in [-0.2, -0.15) is 0 Å². The molecule has 1 aromatic rings. The molecule has 0 fully saturated rings. The van der Waals surface area contributed by atoms with Gasteiger partial charge >= 0.3 is 18.2 Å². The zero-order valence-electron chi connectivity index (χ0n) is 22.7. The number of benzene rings is 1. The van der Waals surface area contributed by atoms with E-state index in [1.54, 1.807) is 53.7 Å². The zero-order valence-corrected chi connectivity index (χ0v) is 22.7. The number of esters is 1. The Morgan fingerprint density at radius 2 is 1.57 bits per heavy atom. The number of phenolic OH excluding ortho intramolecular Hbond substituents is 1. The Balaban J connectivity index is 3.53. The standard InChI is InChI=1S/C25H38N4O8/c1-16(30)26-13-14-29(23(34)37-25(5,6)7)21(28-22(33)36-24(2,3)4)27-19(20(32)35-8)15-17-9-11-18(31)12-10-17/h9-12,19,31H,13-15H2,1-8H3,(H,26,30)(H,27,28,33)/t19-/m0/s1. The second kappa shape index (κ2) is 13.5. The van der Waals surface area contributed by atoms with Crippen LogP contribution in [0.4, 0.5) is 9.59 Å². The van der Waals surface area contributed by atoms with E-state index in [0.29, 0.717) is 5.56 Å². The van der Waals surface area contributed by atoms with Crippen molar-refractivity contribution in [2.24, 2.45) is 4.99 Å². The first-order chi connectivity index (χ1) is 17.0. The van der Waals surface area contributed by atoms with Gasteiger partial charge in [0.15, 0.2) is 6.04 Å². The smallest absolute Gasteiger partial charge is 0.417 e. The van der Waals surface area contributed by atoms with E-state index < -0.39 is 35.4 Å². The maximum absolute atomic E-state index is 13.1. The Morgan fingerprint density at radius 3 is 2.05 bits per heavy atom. The van der Waals surface area contributed by atoms with Crippen molar-refractivity contribution in [3.8, 4) is 5.75 Å². The molecule has 1 rings (SSSR count). The number of alkyl carbamates (subject to hydrolysis) is 1. The average molecular weight is 523 g/mol. The number of hydrogen-bond acceptors (Lipinski definition) is 9. The summed E-state index contributed by atoms with van der Waals surface area (Å²) in [6, 6.07) is 4.92. The molecule has 1 aromatic carbocycles. The number of aliphatic imine (C=N–C) groups is 1. The maximum atomic E-state index is 13.1. The number of guanidine groups is 1. The molecular formula is C25H38N4O8. The molecule has 0 bridgehead atoms. The minimum absolute atomic E-state index is 0.00441. The quantitative estimate of drug-likeness (QED) is 0.214. The molecule has 12 heteroatoms. The van der Waals surface area contributed by atoms with Gasteiger partial charge in [-0.15, -0.1) is 0 Å². The van der Waals surface area contributed by atoms with E-state index in [0.717, 1.165) is 4.90 Å². The van der Waals surface area contributed by atoms with Crippen molar-refractivity contribution in [3.05, 3.63) is 29.8 Å². The summed E-state index contributed by atoms with van der Waals surface area (Å²) in [5.74, 6) is -1.35. The van der Waals surface area contributed by atoms with Crippen molar-refractivity contribution >= 4 is 30.0 Å². The van der Waals surface area contributed by atoms with Gasteiger partial charge in [0.05, 0.1) is 7.11 Å². The van der Waals surface area contributed by atoms with Crippen molar-refractivity contribution in [3.63, 3.8) is 0 Å². The van der Waals surface area contributed by atoms with E-state index in [2.05, 4.69) is 15.6 Å². The summed E-state index contributed by atoms with van der Waals surface area (Å²) in [5.41, 5.74) is -1.13. The third kappa shape index (κ3) is 12.6. The molecule has 0 aromatic heterocycles. The summed E-state index contributed by atoms with van der Waals surface area (Å²) in [4.78, 5) is 55.2. The maximum Gasteiger partial charge on any atom is 0.417 e. The van der Waals surface area contributed by atoms with Gasteiger partial charge in [-0.05, 0) is 59.2 Å². The Bertz CT molecular complexity index is 978. The Morgan fingerprint density at radius 1 is 1.00 bits per heavy atom. The van der Waals surface area contributed by atoms with Crippen LogP contribution in [0, 0.1) is 0 Å². The molecule has 0 aliphatic carbocycles. The first-order valence-electron chi connectivity index (χ1n) is 11.7. The molecule has 0 aliphatic rings. The molecule has 1 atom stereocenters. The summed E-state index contributed by atoms with van der Waals surface area (Å²) in [5, 5.41) is 14.6. The van der Waals surface area contributed by atoms with Gasteiger partial charge in [0.2, 0.25) is 11.9 Å². The van der Waals surface area contributed by atoms with E-state index in [1.165, 1.54) is 26.2 Å². The van der Waals surface area contributed by atoms with E-state index >= 15 is 0 Å². The number of aromatic hydroxyl groups is 1. The summed E-state index contributed by atoms with van der Waals surface area (Å²) in [6.07, 6.45) is -1.77. The number of phenols is 1. The molecule has 206 valence electrons. The number of carbonyl (C=O) groups is 4. The summed E-state index contributed by atoms with van der Waals surface area (Å²) >= 11 is 0. The number of methoxy groups -OCH3 is 1. The normalized spacial score (nSPS) is 12.7.